The molecular weight excluding hydrogens is 442 g/mol. The molecule has 1 heterocycles. The first-order valence-electron chi connectivity index (χ1n) is 9.50. The fourth-order valence-electron chi connectivity index (χ4n) is 3.23. The fraction of sp³-hybridized carbons (Fsp3) is 0.273. The molecular formula is C22H24ClNO6S. The molecule has 1 aliphatic heterocycles. The second-order valence-corrected chi connectivity index (χ2v) is 8.13. The van der Waals surface area contributed by atoms with Crippen molar-refractivity contribution in [1.29, 1.82) is 0 Å². The van der Waals surface area contributed by atoms with Crippen LogP contribution in [-0.4, -0.2) is 63.6 Å². The standard InChI is InChI=1S/C18H20ClNO2S.C4H4O4/c19-14-5-6-18-15(12-14)16(20(7-9-21)8-10-22)11-13-3-1-2-4-17(13)23-18;5-3(6)1-2-4(7)8/h1-6,12,16,21-22H,7-11H2;1-2H,(H,5,6)(H,7,8)/b;2-1+. The lowest BCUT2D eigenvalue weighted by molar-refractivity contribution is -0.134. The summed E-state index contributed by atoms with van der Waals surface area (Å²) in [7, 11) is 0. The van der Waals surface area contributed by atoms with Crippen LogP contribution in [0.1, 0.15) is 17.2 Å². The second-order valence-electron chi connectivity index (χ2n) is 6.60. The highest BCUT2D eigenvalue weighted by Gasteiger charge is 2.27. The van der Waals surface area contributed by atoms with Gasteiger partial charge in [0.1, 0.15) is 0 Å². The summed E-state index contributed by atoms with van der Waals surface area (Å²) in [5.41, 5.74) is 2.45. The van der Waals surface area contributed by atoms with Crippen molar-refractivity contribution in [3.63, 3.8) is 0 Å². The van der Waals surface area contributed by atoms with Gasteiger partial charge in [-0.3, -0.25) is 4.90 Å². The van der Waals surface area contributed by atoms with E-state index in [1.807, 2.05) is 12.1 Å². The van der Waals surface area contributed by atoms with Gasteiger partial charge in [0.15, 0.2) is 0 Å². The molecule has 9 heteroatoms. The number of aliphatic hydroxyl groups excluding tert-OH is 2. The first-order chi connectivity index (χ1) is 14.8. The minimum absolute atomic E-state index is 0.0706. The molecule has 2 aromatic carbocycles. The molecule has 0 saturated heterocycles. The van der Waals surface area contributed by atoms with E-state index in [0.29, 0.717) is 30.3 Å². The van der Waals surface area contributed by atoms with Gasteiger partial charge in [0.2, 0.25) is 0 Å². The number of benzene rings is 2. The number of rotatable bonds is 7. The van der Waals surface area contributed by atoms with Crippen molar-refractivity contribution in [2.75, 3.05) is 26.3 Å². The third kappa shape index (κ3) is 7.68. The van der Waals surface area contributed by atoms with Crippen molar-refractivity contribution in [2.45, 2.75) is 22.3 Å². The Morgan fingerprint density at radius 2 is 1.61 bits per heavy atom. The van der Waals surface area contributed by atoms with Gasteiger partial charge >= 0.3 is 11.9 Å². The van der Waals surface area contributed by atoms with Gasteiger partial charge in [0.05, 0.1) is 13.2 Å². The van der Waals surface area contributed by atoms with E-state index >= 15 is 0 Å². The van der Waals surface area contributed by atoms with Crippen LogP contribution >= 0.6 is 23.4 Å². The Balaban J connectivity index is 0.000000366. The van der Waals surface area contributed by atoms with Crippen molar-refractivity contribution >= 4 is 35.3 Å². The van der Waals surface area contributed by atoms with Crippen LogP contribution in [0.25, 0.3) is 0 Å². The molecule has 166 valence electrons. The zero-order valence-electron chi connectivity index (χ0n) is 16.6. The summed E-state index contributed by atoms with van der Waals surface area (Å²) < 4.78 is 0. The largest absolute Gasteiger partial charge is 0.478 e. The Bertz CT molecular complexity index is 914. The van der Waals surface area contributed by atoms with Gasteiger partial charge < -0.3 is 20.4 Å². The molecule has 0 spiro atoms. The summed E-state index contributed by atoms with van der Waals surface area (Å²) in [6.45, 7) is 1.20. The van der Waals surface area contributed by atoms with E-state index in [-0.39, 0.29) is 19.3 Å². The van der Waals surface area contributed by atoms with Gasteiger partial charge in [-0.2, -0.15) is 0 Å². The highest BCUT2D eigenvalue weighted by atomic mass is 35.5. The van der Waals surface area contributed by atoms with Gasteiger partial charge in [-0.15, -0.1) is 0 Å². The van der Waals surface area contributed by atoms with Gasteiger partial charge in [0.25, 0.3) is 0 Å². The minimum atomic E-state index is -1.26. The lowest BCUT2D eigenvalue weighted by Gasteiger charge is -2.31. The topological polar surface area (TPSA) is 118 Å². The molecule has 4 N–H and O–H groups in total. The first kappa shape index (κ1) is 24.9. The van der Waals surface area contributed by atoms with Gasteiger partial charge in [0, 0.05) is 46.1 Å². The van der Waals surface area contributed by atoms with E-state index in [4.69, 9.17) is 21.8 Å². The quantitative estimate of drug-likeness (QED) is 0.461. The fourth-order valence-corrected chi connectivity index (χ4v) is 4.53. The van der Waals surface area contributed by atoms with Gasteiger partial charge in [-0.25, -0.2) is 9.59 Å². The van der Waals surface area contributed by atoms with Gasteiger partial charge in [-0.1, -0.05) is 41.6 Å². The molecule has 0 fully saturated rings. The molecule has 1 unspecified atom stereocenters. The maximum absolute atomic E-state index is 9.55. The number of fused-ring (bicyclic) bond motifs is 2. The van der Waals surface area contributed by atoms with E-state index in [1.165, 1.54) is 20.9 Å². The number of halogens is 1. The van der Waals surface area contributed by atoms with Crippen LogP contribution in [0.5, 0.6) is 0 Å². The zero-order chi connectivity index (χ0) is 22.8. The molecule has 3 rings (SSSR count). The second kappa shape index (κ2) is 12.5. The summed E-state index contributed by atoms with van der Waals surface area (Å²) >= 11 is 8.00. The molecule has 0 saturated carbocycles. The maximum Gasteiger partial charge on any atom is 0.328 e. The third-order valence-corrected chi connectivity index (χ3v) is 5.97. The van der Waals surface area contributed by atoms with E-state index in [2.05, 4.69) is 35.2 Å². The molecule has 7 nitrogen and oxygen atoms in total. The minimum Gasteiger partial charge on any atom is -0.478 e. The molecule has 0 amide bonds. The number of carboxylic acid groups (broad SMARTS) is 2. The van der Waals surface area contributed by atoms with Crippen LogP contribution in [0.15, 0.2) is 64.4 Å². The van der Waals surface area contributed by atoms with Crippen LogP contribution in [0.2, 0.25) is 5.02 Å². The first-order valence-corrected chi connectivity index (χ1v) is 10.7. The number of carbonyl (C=O) groups is 2. The zero-order valence-corrected chi connectivity index (χ0v) is 18.2. The summed E-state index contributed by atoms with van der Waals surface area (Å²) in [6.07, 6.45) is 1.96. The Kier molecular flexibility index (Phi) is 10.0. The van der Waals surface area contributed by atoms with E-state index in [9.17, 15) is 19.8 Å². The van der Waals surface area contributed by atoms with Crippen molar-refractivity contribution in [3.8, 4) is 0 Å². The van der Waals surface area contributed by atoms with Crippen LogP contribution in [0.3, 0.4) is 0 Å². The predicted molar refractivity (Wildman–Crippen MR) is 119 cm³/mol. The van der Waals surface area contributed by atoms with Crippen molar-refractivity contribution in [2.24, 2.45) is 0 Å². The highest BCUT2D eigenvalue weighted by Crippen LogP contribution is 2.43. The summed E-state index contributed by atoms with van der Waals surface area (Å²) in [4.78, 5) is 23.7. The third-order valence-electron chi connectivity index (χ3n) is 4.52. The number of nitrogens with zero attached hydrogens (tertiary/aromatic N) is 1. The molecule has 0 bridgehead atoms. The SMILES string of the molecule is O=C(O)/C=C/C(=O)O.OCCN(CCO)C1Cc2ccccc2Sc2ccc(Cl)cc21. The van der Waals surface area contributed by atoms with Crippen LogP contribution < -0.4 is 0 Å². The Morgan fingerprint density at radius 1 is 1.00 bits per heavy atom. The lowest BCUT2D eigenvalue weighted by atomic mass is 9.97. The van der Waals surface area contributed by atoms with Crippen molar-refractivity contribution in [1.82, 2.24) is 4.90 Å². The lowest BCUT2D eigenvalue weighted by Crippen LogP contribution is -2.35. The number of carboxylic acids is 2. The van der Waals surface area contributed by atoms with Crippen LogP contribution in [0.4, 0.5) is 0 Å². The number of aliphatic carboxylic acids is 2. The summed E-state index contributed by atoms with van der Waals surface area (Å²) in [6, 6.07) is 14.5. The van der Waals surface area contributed by atoms with Crippen molar-refractivity contribution < 1.29 is 30.0 Å². The summed E-state index contributed by atoms with van der Waals surface area (Å²) in [5, 5.41) is 35.2. The maximum atomic E-state index is 9.55. The molecule has 1 atom stereocenters. The Labute approximate surface area is 189 Å². The Morgan fingerprint density at radius 3 is 2.19 bits per heavy atom. The normalized spacial score (nSPS) is 14.9. The molecule has 31 heavy (non-hydrogen) atoms. The molecule has 0 aliphatic carbocycles. The smallest absolute Gasteiger partial charge is 0.328 e. The molecule has 2 aromatic rings. The Hall–Kier alpha value is -2.36. The average molecular weight is 466 g/mol. The highest BCUT2D eigenvalue weighted by molar-refractivity contribution is 7.99. The monoisotopic (exact) mass is 465 g/mol. The van der Waals surface area contributed by atoms with Crippen LogP contribution in [-0.2, 0) is 16.0 Å². The van der Waals surface area contributed by atoms with E-state index in [0.717, 1.165) is 6.42 Å². The molecule has 1 aliphatic rings. The number of hydrogen-bond donors (Lipinski definition) is 4. The van der Waals surface area contributed by atoms with E-state index < -0.39 is 11.9 Å². The number of aliphatic hydroxyl groups is 2. The molecule has 0 radical (unpaired) electrons. The molecule has 0 aromatic heterocycles. The van der Waals surface area contributed by atoms with Crippen LogP contribution in [0, 0.1) is 0 Å². The van der Waals surface area contributed by atoms with Gasteiger partial charge in [-0.05, 0) is 41.8 Å². The van der Waals surface area contributed by atoms with E-state index in [1.54, 1.807) is 11.8 Å². The predicted octanol–water partition coefficient (Wildman–Crippen LogP) is 3.09. The average Bonchev–Trinajstić information content (AvgIpc) is 2.89. The number of hydrogen-bond acceptors (Lipinski definition) is 6. The van der Waals surface area contributed by atoms with Crippen molar-refractivity contribution in [3.05, 3.63) is 70.8 Å². The summed E-state index contributed by atoms with van der Waals surface area (Å²) in [5.74, 6) is -2.51.